The summed E-state index contributed by atoms with van der Waals surface area (Å²) in [6.07, 6.45) is 3.50. The minimum atomic E-state index is -0.0137. The lowest BCUT2D eigenvalue weighted by Gasteiger charge is -2.31. The van der Waals surface area contributed by atoms with Crippen LogP contribution in [0.3, 0.4) is 0 Å². The number of anilines is 2. The smallest absolute Gasteiger partial charge is 0.279 e. The van der Waals surface area contributed by atoms with E-state index in [1.807, 2.05) is 31.2 Å². The third kappa shape index (κ3) is 4.21. The second-order valence-electron chi connectivity index (χ2n) is 5.99. The normalized spacial score (nSPS) is 15.3. The highest BCUT2D eigenvalue weighted by molar-refractivity contribution is 6.33. The second kappa shape index (κ2) is 7.59. The zero-order valence-corrected chi connectivity index (χ0v) is 14.4. The highest BCUT2D eigenvalue weighted by Crippen LogP contribution is 2.22. The average Bonchev–Trinajstić information content (AvgIpc) is 2.59. The topological polar surface area (TPSA) is 62.6 Å². The van der Waals surface area contributed by atoms with Gasteiger partial charge in [-0.05, 0) is 30.7 Å². The molecule has 1 aliphatic rings. The van der Waals surface area contributed by atoms with Crippen LogP contribution < -0.4 is 15.1 Å². The van der Waals surface area contributed by atoms with E-state index in [-0.39, 0.29) is 5.91 Å². The number of aromatic nitrogens is 2. The number of quaternary nitrogens is 1. The van der Waals surface area contributed by atoms with Gasteiger partial charge in [0.2, 0.25) is 5.95 Å². The van der Waals surface area contributed by atoms with Crippen LogP contribution in [-0.4, -0.2) is 48.6 Å². The monoisotopic (exact) mass is 346 g/mol. The van der Waals surface area contributed by atoms with E-state index >= 15 is 0 Å². The minimum Gasteiger partial charge on any atom is -0.330 e. The van der Waals surface area contributed by atoms with E-state index in [1.165, 1.54) is 4.90 Å². The van der Waals surface area contributed by atoms with Gasteiger partial charge in [-0.1, -0.05) is 17.7 Å². The molecule has 1 aliphatic heterocycles. The number of nitrogens with one attached hydrogen (secondary N) is 2. The molecule has 0 aliphatic carbocycles. The average molecular weight is 347 g/mol. The number of amides is 1. The van der Waals surface area contributed by atoms with E-state index < -0.39 is 0 Å². The zero-order chi connectivity index (χ0) is 16.9. The quantitative estimate of drug-likeness (QED) is 0.859. The number of benzene rings is 1. The molecule has 0 spiro atoms. The number of carbonyl (C=O) groups excluding carboxylic acids is 1. The number of hydrogen-bond acceptors (Lipinski definition) is 4. The van der Waals surface area contributed by atoms with Gasteiger partial charge in [0.25, 0.3) is 5.91 Å². The van der Waals surface area contributed by atoms with Gasteiger partial charge < -0.3 is 15.1 Å². The third-order valence-electron chi connectivity index (χ3n) is 4.11. The molecular formula is C17H21ClN5O+. The number of piperazine rings is 1. The molecule has 24 heavy (non-hydrogen) atoms. The van der Waals surface area contributed by atoms with Crippen LogP contribution >= 0.6 is 11.6 Å². The van der Waals surface area contributed by atoms with Crippen LogP contribution in [0.5, 0.6) is 0 Å². The predicted octanol–water partition coefficient (Wildman–Crippen LogP) is 0.782. The number of hydrogen-bond donors (Lipinski definition) is 2. The van der Waals surface area contributed by atoms with Crippen molar-refractivity contribution in [2.45, 2.75) is 6.92 Å². The van der Waals surface area contributed by atoms with Crippen LogP contribution in [0.1, 0.15) is 5.56 Å². The van der Waals surface area contributed by atoms with Crippen LogP contribution in [-0.2, 0) is 4.79 Å². The molecule has 2 heterocycles. The van der Waals surface area contributed by atoms with Gasteiger partial charge in [0, 0.05) is 12.4 Å². The molecule has 1 fully saturated rings. The van der Waals surface area contributed by atoms with Gasteiger partial charge in [0.1, 0.15) is 0 Å². The van der Waals surface area contributed by atoms with Crippen LogP contribution in [0.25, 0.3) is 0 Å². The maximum absolute atomic E-state index is 12.2. The number of aryl methyl sites for hydroxylation is 1. The molecule has 0 saturated carbocycles. The molecule has 2 N–H and O–H groups in total. The van der Waals surface area contributed by atoms with Crippen molar-refractivity contribution in [1.29, 1.82) is 0 Å². The first-order valence-electron chi connectivity index (χ1n) is 8.03. The van der Waals surface area contributed by atoms with Crippen LogP contribution in [0.4, 0.5) is 11.6 Å². The van der Waals surface area contributed by atoms with Crippen molar-refractivity contribution in [2.24, 2.45) is 0 Å². The van der Waals surface area contributed by atoms with Crippen LogP contribution in [0.2, 0.25) is 5.02 Å². The molecule has 6 nitrogen and oxygen atoms in total. The first-order valence-corrected chi connectivity index (χ1v) is 8.41. The molecule has 0 radical (unpaired) electrons. The highest BCUT2D eigenvalue weighted by Gasteiger charge is 2.23. The van der Waals surface area contributed by atoms with Crippen molar-refractivity contribution in [1.82, 2.24) is 9.97 Å². The standard InChI is InChI=1S/C17H20ClN5O/c1-13-3-4-15(14(18)11-13)21-16(24)12-22-7-9-23(10-8-22)17-19-5-2-6-20-17/h2-6,11H,7-10,12H2,1H3,(H,21,24)/p+1. The summed E-state index contributed by atoms with van der Waals surface area (Å²) in [5.74, 6) is 0.743. The number of halogens is 1. The first kappa shape index (κ1) is 16.7. The van der Waals surface area contributed by atoms with Crippen molar-refractivity contribution >= 4 is 29.1 Å². The molecule has 1 aromatic carbocycles. The Morgan fingerprint density at radius 1 is 1.29 bits per heavy atom. The van der Waals surface area contributed by atoms with E-state index in [4.69, 9.17) is 11.6 Å². The molecule has 7 heteroatoms. The Morgan fingerprint density at radius 3 is 2.67 bits per heavy atom. The molecule has 3 rings (SSSR count). The van der Waals surface area contributed by atoms with Crippen LogP contribution in [0, 0.1) is 6.92 Å². The Bertz CT molecular complexity index is 701. The maximum atomic E-state index is 12.2. The lowest BCUT2D eigenvalue weighted by Crippen LogP contribution is -3.15. The molecule has 1 amide bonds. The van der Waals surface area contributed by atoms with E-state index in [9.17, 15) is 4.79 Å². The summed E-state index contributed by atoms with van der Waals surface area (Å²) in [5, 5.41) is 3.47. The SMILES string of the molecule is Cc1ccc(NC(=O)C[NH+]2CCN(c3ncccn3)CC2)c(Cl)c1. The zero-order valence-electron chi connectivity index (χ0n) is 13.6. The molecule has 0 unspecified atom stereocenters. The molecule has 2 aromatic rings. The predicted molar refractivity (Wildman–Crippen MR) is 94.6 cm³/mol. The largest absolute Gasteiger partial charge is 0.330 e. The Kier molecular flexibility index (Phi) is 5.27. The summed E-state index contributed by atoms with van der Waals surface area (Å²) in [4.78, 5) is 24.2. The van der Waals surface area contributed by atoms with E-state index in [0.717, 1.165) is 37.7 Å². The van der Waals surface area contributed by atoms with Crippen LogP contribution in [0.15, 0.2) is 36.7 Å². The highest BCUT2D eigenvalue weighted by atomic mass is 35.5. The maximum Gasteiger partial charge on any atom is 0.279 e. The first-order chi connectivity index (χ1) is 11.6. The van der Waals surface area contributed by atoms with Gasteiger partial charge in [0.15, 0.2) is 6.54 Å². The summed E-state index contributed by atoms with van der Waals surface area (Å²) in [5.41, 5.74) is 1.74. The lowest BCUT2D eigenvalue weighted by atomic mass is 10.2. The van der Waals surface area contributed by atoms with E-state index in [2.05, 4.69) is 20.2 Å². The molecule has 0 bridgehead atoms. The Labute approximate surface area is 146 Å². The molecule has 1 aromatic heterocycles. The summed E-state index contributed by atoms with van der Waals surface area (Å²) in [7, 11) is 0. The van der Waals surface area contributed by atoms with Crippen molar-refractivity contribution in [3.63, 3.8) is 0 Å². The lowest BCUT2D eigenvalue weighted by molar-refractivity contribution is -0.892. The van der Waals surface area contributed by atoms with Gasteiger partial charge in [0.05, 0.1) is 36.9 Å². The van der Waals surface area contributed by atoms with Crippen molar-refractivity contribution in [3.05, 3.63) is 47.2 Å². The summed E-state index contributed by atoms with van der Waals surface area (Å²) in [6.45, 7) is 5.86. The number of nitrogens with zero attached hydrogens (tertiary/aromatic N) is 3. The van der Waals surface area contributed by atoms with Gasteiger partial charge in [-0.3, -0.25) is 4.79 Å². The van der Waals surface area contributed by atoms with Gasteiger partial charge >= 0.3 is 0 Å². The molecular weight excluding hydrogens is 326 g/mol. The van der Waals surface area contributed by atoms with Crippen molar-refractivity contribution in [3.8, 4) is 0 Å². The third-order valence-corrected chi connectivity index (χ3v) is 4.43. The van der Waals surface area contributed by atoms with Crippen molar-refractivity contribution in [2.75, 3.05) is 42.9 Å². The molecule has 126 valence electrons. The fourth-order valence-electron chi connectivity index (χ4n) is 2.80. The number of rotatable bonds is 4. The van der Waals surface area contributed by atoms with E-state index in [1.54, 1.807) is 12.4 Å². The Balaban J connectivity index is 1.50. The fourth-order valence-corrected chi connectivity index (χ4v) is 3.08. The second-order valence-corrected chi connectivity index (χ2v) is 6.40. The Hall–Kier alpha value is -2.18. The number of carbonyl (C=O) groups is 1. The van der Waals surface area contributed by atoms with E-state index in [0.29, 0.717) is 17.3 Å². The minimum absolute atomic E-state index is 0.0137. The summed E-state index contributed by atoms with van der Waals surface area (Å²) < 4.78 is 0. The summed E-state index contributed by atoms with van der Waals surface area (Å²) >= 11 is 6.16. The van der Waals surface area contributed by atoms with Gasteiger partial charge in [-0.2, -0.15) is 0 Å². The Morgan fingerprint density at radius 2 is 2.00 bits per heavy atom. The fraction of sp³-hybridized carbons (Fsp3) is 0.353. The molecule has 1 saturated heterocycles. The molecule has 0 atom stereocenters. The van der Waals surface area contributed by atoms with Gasteiger partial charge in [-0.15, -0.1) is 0 Å². The van der Waals surface area contributed by atoms with Crippen molar-refractivity contribution < 1.29 is 9.69 Å². The summed E-state index contributed by atoms with van der Waals surface area (Å²) in [6, 6.07) is 7.44. The van der Waals surface area contributed by atoms with Gasteiger partial charge in [-0.25, -0.2) is 9.97 Å².